The van der Waals surface area contributed by atoms with E-state index in [4.69, 9.17) is 4.18 Å². The molecule has 0 atom stereocenters. The van der Waals surface area contributed by atoms with Crippen molar-refractivity contribution in [1.82, 2.24) is 0 Å². The summed E-state index contributed by atoms with van der Waals surface area (Å²) in [5, 5.41) is 0. The van der Waals surface area contributed by atoms with Crippen LogP contribution >= 0.6 is 22.1 Å². The van der Waals surface area contributed by atoms with Gasteiger partial charge in [0, 0.05) is 24.5 Å². The van der Waals surface area contributed by atoms with E-state index in [9.17, 15) is 18.0 Å². The molecule has 7 heteroatoms. The molecule has 0 fully saturated rings. The smallest absolute Gasteiger partial charge is 0.395 e. The van der Waals surface area contributed by atoms with Crippen molar-refractivity contribution in [3.63, 3.8) is 0 Å². The first-order valence-electron chi connectivity index (χ1n) is 9.97. The summed E-state index contributed by atoms with van der Waals surface area (Å²) in [6.07, 6.45) is -5.12. The van der Waals surface area contributed by atoms with Crippen molar-refractivity contribution >= 4 is 28.0 Å². The largest absolute Gasteiger partial charge is 0.491 e. The third-order valence-electron chi connectivity index (χ3n) is 4.72. The first-order valence-corrected chi connectivity index (χ1v) is 12.3. The van der Waals surface area contributed by atoms with E-state index in [1.165, 1.54) is 11.8 Å². The van der Waals surface area contributed by atoms with Gasteiger partial charge in [-0.15, -0.1) is 0 Å². The molecule has 0 aliphatic rings. The highest BCUT2D eigenvalue weighted by molar-refractivity contribution is 8.30. The Kier molecular flexibility index (Phi) is 6.81. The Morgan fingerprint density at radius 1 is 0.606 bits per heavy atom. The number of carbonyl (C=O) groups is 1. The van der Waals surface area contributed by atoms with E-state index in [0.29, 0.717) is 14.7 Å². The molecule has 0 spiro atoms. The minimum atomic E-state index is -5.12. The second kappa shape index (κ2) is 9.77. The molecule has 4 aromatic rings. The SMILES string of the molecule is O=C(OS(c1ccccc1)(c1ccccc1)c1ccc(Sc2ccccc2)cc1)C(F)(F)F. The second-order valence-corrected chi connectivity index (χ2v) is 10.8. The van der Waals surface area contributed by atoms with E-state index in [1.54, 1.807) is 72.8 Å². The van der Waals surface area contributed by atoms with Gasteiger partial charge in [-0.25, -0.2) is 4.79 Å². The zero-order chi connectivity index (χ0) is 23.3. The lowest BCUT2D eigenvalue weighted by Crippen LogP contribution is -2.27. The molecule has 0 aromatic heterocycles. The highest BCUT2D eigenvalue weighted by Gasteiger charge is 2.47. The van der Waals surface area contributed by atoms with Crippen LogP contribution in [0.3, 0.4) is 0 Å². The molecule has 0 amide bonds. The Hall–Kier alpha value is -3.16. The molecule has 0 aliphatic heterocycles. The molecule has 0 N–H and O–H groups in total. The Morgan fingerprint density at radius 2 is 1.00 bits per heavy atom. The molecular formula is C26H19F3O2S2. The van der Waals surface area contributed by atoms with Crippen LogP contribution in [0, 0.1) is 0 Å². The minimum Gasteiger partial charge on any atom is -0.395 e. The van der Waals surface area contributed by atoms with Crippen LogP contribution in [0.2, 0.25) is 0 Å². The fraction of sp³-hybridized carbons (Fsp3) is 0.0385. The van der Waals surface area contributed by atoms with Crippen molar-refractivity contribution in [1.29, 1.82) is 0 Å². The summed E-state index contributed by atoms with van der Waals surface area (Å²) in [6.45, 7) is 0. The van der Waals surface area contributed by atoms with Crippen LogP contribution in [0.1, 0.15) is 0 Å². The molecular weight excluding hydrogens is 465 g/mol. The molecule has 168 valence electrons. The fourth-order valence-electron chi connectivity index (χ4n) is 3.26. The molecule has 0 saturated heterocycles. The summed E-state index contributed by atoms with van der Waals surface area (Å²) < 4.78 is 45.5. The molecule has 33 heavy (non-hydrogen) atoms. The van der Waals surface area contributed by atoms with Gasteiger partial charge in [-0.05, 0) is 71.0 Å². The lowest BCUT2D eigenvalue weighted by Gasteiger charge is -2.39. The number of halogens is 3. The molecule has 0 radical (unpaired) electrons. The summed E-state index contributed by atoms with van der Waals surface area (Å²) in [5.41, 5.74) is 0. The summed E-state index contributed by atoms with van der Waals surface area (Å²) in [7, 11) is -2.98. The van der Waals surface area contributed by atoms with Gasteiger partial charge in [0.15, 0.2) is 0 Å². The Bertz CT molecular complexity index is 1160. The number of hydrogen-bond donors (Lipinski definition) is 0. The summed E-state index contributed by atoms with van der Waals surface area (Å²) in [5.74, 6) is -2.21. The van der Waals surface area contributed by atoms with E-state index >= 15 is 0 Å². The maximum atomic E-state index is 13.4. The third-order valence-corrected chi connectivity index (χ3v) is 8.94. The van der Waals surface area contributed by atoms with Gasteiger partial charge in [-0.1, -0.05) is 66.4 Å². The molecule has 4 aromatic carbocycles. The zero-order valence-electron chi connectivity index (χ0n) is 17.2. The van der Waals surface area contributed by atoms with Gasteiger partial charge in [-0.3, -0.25) is 0 Å². The Labute approximate surface area is 195 Å². The van der Waals surface area contributed by atoms with Crippen molar-refractivity contribution < 1.29 is 22.1 Å². The predicted octanol–water partition coefficient (Wildman–Crippen LogP) is 8.14. The van der Waals surface area contributed by atoms with Crippen molar-refractivity contribution in [2.24, 2.45) is 0 Å². The number of carbonyl (C=O) groups excluding carboxylic acids is 1. The quantitative estimate of drug-likeness (QED) is 0.276. The van der Waals surface area contributed by atoms with E-state index in [0.717, 1.165) is 9.79 Å². The van der Waals surface area contributed by atoms with Gasteiger partial charge < -0.3 is 4.18 Å². The first kappa shape index (κ1) is 23.0. The van der Waals surface area contributed by atoms with Crippen LogP contribution in [0.15, 0.2) is 140 Å². The van der Waals surface area contributed by atoms with E-state index in [2.05, 4.69) is 0 Å². The highest BCUT2D eigenvalue weighted by Crippen LogP contribution is 2.69. The number of hydrogen-bond acceptors (Lipinski definition) is 3. The van der Waals surface area contributed by atoms with Crippen molar-refractivity contribution in [3.05, 3.63) is 115 Å². The molecule has 0 heterocycles. The summed E-state index contributed by atoms with van der Waals surface area (Å²) >= 11 is 1.54. The molecule has 0 bridgehead atoms. The molecule has 0 aliphatic carbocycles. The summed E-state index contributed by atoms with van der Waals surface area (Å²) in [6, 6.07) is 34.1. The molecule has 4 rings (SSSR count). The lowest BCUT2D eigenvalue weighted by molar-refractivity contribution is -0.188. The maximum Gasteiger partial charge on any atom is 0.491 e. The third kappa shape index (κ3) is 5.10. The number of alkyl halides is 3. The number of rotatable bonds is 6. The van der Waals surface area contributed by atoms with Crippen LogP contribution in [0.25, 0.3) is 0 Å². The van der Waals surface area contributed by atoms with Crippen LogP contribution in [0.5, 0.6) is 0 Å². The molecule has 0 unspecified atom stereocenters. The average Bonchev–Trinajstić information content (AvgIpc) is 2.84. The molecule has 2 nitrogen and oxygen atoms in total. The first-order chi connectivity index (χ1) is 15.9. The van der Waals surface area contributed by atoms with Crippen LogP contribution in [0.4, 0.5) is 13.2 Å². The highest BCUT2D eigenvalue weighted by atomic mass is 32.3. The fourth-order valence-corrected chi connectivity index (χ4v) is 7.13. The van der Waals surface area contributed by atoms with E-state index < -0.39 is 22.5 Å². The van der Waals surface area contributed by atoms with Crippen LogP contribution in [-0.2, 0) is 8.98 Å². The van der Waals surface area contributed by atoms with Crippen molar-refractivity contribution in [2.75, 3.05) is 0 Å². The van der Waals surface area contributed by atoms with Gasteiger partial charge in [0.05, 0.1) is 0 Å². The van der Waals surface area contributed by atoms with Crippen molar-refractivity contribution in [2.45, 2.75) is 30.7 Å². The monoisotopic (exact) mass is 484 g/mol. The zero-order valence-corrected chi connectivity index (χ0v) is 18.9. The molecule has 0 saturated carbocycles. The van der Waals surface area contributed by atoms with Gasteiger partial charge >= 0.3 is 12.1 Å². The van der Waals surface area contributed by atoms with Crippen LogP contribution < -0.4 is 0 Å². The Balaban J connectivity index is 1.85. The normalized spacial score (nSPS) is 12.2. The number of benzene rings is 4. The average molecular weight is 485 g/mol. The van der Waals surface area contributed by atoms with Crippen molar-refractivity contribution in [3.8, 4) is 0 Å². The van der Waals surface area contributed by atoms with Gasteiger partial charge in [0.25, 0.3) is 0 Å². The van der Waals surface area contributed by atoms with Gasteiger partial charge in [0.1, 0.15) is 0 Å². The maximum absolute atomic E-state index is 13.4. The van der Waals surface area contributed by atoms with Crippen LogP contribution in [-0.4, -0.2) is 12.1 Å². The Morgan fingerprint density at radius 3 is 1.45 bits per heavy atom. The second-order valence-electron chi connectivity index (χ2n) is 6.94. The van der Waals surface area contributed by atoms with Gasteiger partial charge in [-0.2, -0.15) is 13.2 Å². The summed E-state index contributed by atoms with van der Waals surface area (Å²) in [4.78, 5) is 15.6. The minimum absolute atomic E-state index is 0.495. The standard InChI is InChI=1S/C26H19F3O2S2/c27-26(28,29)25(30)31-33(22-12-6-2-7-13-22,23-14-8-3-9-15-23)24-18-16-21(17-19-24)32-20-10-4-1-5-11-20/h1-19H. The topological polar surface area (TPSA) is 26.3 Å². The van der Waals surface area contributed by atoms with Gasteiger partial charge in [0.2, 0.25) is 0 Å². The predicted molar refractivity (Wildman–Crippen MR) is 124 cm³/mol. The lowest BCUT2D eigenvalue weighted by atomic mass is 10.3. The van der Waals surface area contributed by atoms with E-state index in [-0.39, 0.29) is 0 Å². The van der Waals surface area contributed by atoms with E-state index in [1.807, 2.05) is 42.5 Å².